The molecule has 0 atom stereocenters. The van der Waals surface area contributed by atoms with Crippen molar-refractivity contribution in [1.29, 1.82) is 0 Å². The number of ether oxygens (including phenoxy) is 1. The van der Waals surface area contributed by atoms with Crippen LogP contribution in [0.15, 0.2) is 24.3 Å². The van der Waals surface area contributed by atoms with Crippen LogP contribution >= 0.6 is 0 Å². The van der Waals surface area contributed by atoms with Crippen LogP contribution in [0, 0.1) is 0 Å². The second-order valence-corrected chi connectivity index (χ2v) is 5.19. The van der Waals surface area contributed by atoms with Crippen LogP contribution in [0.2, 0.25) is 0 Å². The predicted octanol–water partition coefficient (Wildman–Crippen LogP) is 1.96. The maximum Gasteiger partial charge on any atom is 0.255 e. The van der Waals surface area contributed by atoms with Gasteiger partial charge >= 0.3 is 0 Å². The molecular weight excluding hydrogens is 240 g/mol. The largest absolute Gasteiger partial charge is 0.489 e. The molecule has 4 heteroatoms. The molecule has 1 heterocycles. The van der Waals surface area contributed by atoms with Crippen LogP contribution in [0.3, 0.4) is 0 Å². The highest BCUT2D eigenvalue weighted by atomic mass is 16.5. The van der Waals surface area contributed by atoms with Crippen LogP contribution in [0.25, 0.3) is 0 Å². The molecule has 0 saturated carbocycles. The Morgan fingerprint density at radius 1 is 1.32 bits per heavy atom. The quantitative estimate of drug-likeness (QED) is 0.872. The van der Waals surface area contributed by atoms with Crippen LogP contribution in [0.4, 0.5) is 0 Å². The molecule has 0 unspecified atom stereocenters. The van der Waals surface area contributed by atoms with Gasteiger partial charge in [0.15, 0.2) is 0 Å². The van der Waals surface area contributed by atoms with Crippen molar-refractivity contribution in [2.75, 3.05) is 13.1 Å². The summed E-state index contributed by atoms with van der Waals surface area (Å²) in [6, 6.07) is 7.58. The highest BCUT2D eigenvalue weighted by molar-refractivity contribution is 5.97. The molecule has 0 aliphatic carbocycles. The molecule has 1 amide bonds. The Bertz CT molecular complexity index is 426. The van der Waals surface area contributed by atoms with E-state index in [1.165, 1.54) is 0 Å². The van der Waals surface area contributed by atoms with Crippen molar-refractivity contribution >= 4 is 5.91 Å². The van der Waals surface area contributed by atoms with E-state index in [1.807, 2.05) is 38.1 Å². The zero-order chi connectivity index (χ0) is 13.7. The number of amides is 1. The number of para-hydroxylation sites is 1. The molecule has 1 fully saturated rings. The Kier molecular flexibility index (Phi) is 4.80. The van der Waals surface area contributed by atoms with Crippen molar-refractivity contribution in [3.63, 3.8) is 0 Å². The molecule has 1 saturated heterocycles. The van der Waals surface area contributed by atoms with E-state index < -0.39 is 0 Å². The first-order valence-corrected chi connectivity index (χ1v) is 6.94. The Labute approximate surface area is 114 Å². The van der Waals surface area contributed by atoms with Crippen molar-refractivity contribution in [3.05, 3.63) is 29.8 Å². The third-order valence-electron chi connectivity index (χ3n) is 3.13. The number of rotatable bonds is 4. The van der Waals surface area contributed by atoms with Gasteiger partial charge in [-0.15, -0.1) is 0 Å². The molecule has 2 rings (SSSR count). The first kappa shape index (κ1) is 13.9. The Morgan fingerprint density at radius 3 is 2.68 bits per heavy atom. The van der Waals surface area contributed by atoms with E-state index >= 15 is 0 Å². The molecule has 1 aliphatic heterocycles. The Morgan fingerprint density at radius 2 is 2.00 bits per heavy atom. The summed E-state index contributed by atoms with van der Waals surface area (Å²) in [5.41, 5.74) is 0.620. The summed E-state index contributed by atoms with van der Waals surface area (Å²) >= 11 is 0. The number of carbonyl (C=O) groups excluding carboxylic acids is 1. The lowest BCUT2D eigenvalue weighted by atomic mass is 10.1. The maximum atomic E-state index is 12.1. The van der Waals surface area contributed by atoms with Crippen molar-refractivity contribution in [2.24, 2.45) is 0 Å². The minimum atomic E-state index is -0.0699. The van der Waals surface area contributed by atoms with Crippen molar-refractivity contribution in [2.45, 2.75) is 38.8 Å². The third-order valence-corrected chi connectivity index (χ3v) is 3.13. The normalized spacial score (nSPS) is 16.4. The van der Waals surface area contributed by atoms with E-state index in [2.05, 4.69) is 10.6 Å². The van der Waals surface area contributed by atoms with E-state index in [-0.39, 0.29) is 18.1 Å². The van der Waals surface area contributed by atoms with Crippen molar-refractivity contribution in [3.8, 4) is 5.75 Å². The van der Waals surface area contributed by atoms with Gasteiger partial charge in [0.2, 0.25) is 0 Å². The monoisotopic (exact) mass is 262 g/mol. The molecule has 1 aliphatic rings. The van der Waals surface area contributed by atoms with Gasteiger partial charge in [-0.25, -0.2) is 0 Å². The SMILES string of the molecule is CC(C)NC(=O)c1ccccc1OC1CCNCC1. The minimum Gasteiger partial charge on any atom is -0.489 e. The summed E-state index contributed by atoms with van der Waals surface area (Å²) in [4.78, 5) is 12.1. The van der Waals surface area contributed by atoms with Gasteiger partial charge < -0.3 is 15.4 Å². The summed E-state index contributed by atoms with van der Waals surface area (Å²) in [5.74, 6) is 0.618. The van der Waals surface area contributed by atoms with Gasteiger partial charge in [0.05, 0.1) is 5.56 Å². The van der Waals surface area contributed by atoms with Gasteiger partial charge in [0, 0.05) is 6.04 Å². The summed E-state index contributed by atoms with van der Waals surface area (Å²) in [7, 11) is 0. The van der Waals surface area contributed by atoms with Gasteiger partial charge in [0.1, 0.15) is 11.9 Å². The van der Waals surface area contributed by atoms with Gasteiger partial charge in [-0.1, -0.05) is 12.1 Å². The molecule has 0 spiro atoms. The fourth-order valence-electron chi connectivity index (χ4n) is 2.19. The average molecular weight is 262 g/mol. The molecule has 0 radical (unpaired) electrons. The Balaban J connectivity index is 2.09. The highest BCUT2D eigenvalue weighted by Crippen LogP contribution is 2.21. The zero-order valence-electron chi connectivity index (χ0n) is 11.6. The van der Waals surface area contributed by atoms with E-state index in [1.54, 1.807) is 0 Å². The van der Waals surface area contributed by atoms with Crippen LogP contribution in [-0.2, 0) is 0 Å². The number of carbonyl (C=O) groups is 1. The lowest BCUT2D eigenvalue weighted by Crippen LogP contribution is -2.35. The van der Waals surface area contributed by atoms with E-state index in [4.69, 9.17) is 4.74 Å². The molecule has 2 N–H and O–H groups in total. The average Bonchev–Trinajstić information content (AvgIpc) is 2.39. The lowest BCUT2D eigenvalue weighted by molar-refractivity contribution is 0.0932. The summed E-state index contributed by atoms with van der Waals surface area (Å²) in [6.45, 7) is 5.86. The number of benzene rings is 1. The molecule has 0 bridgehead atoms. The van der Waals surface area contributed by atoms with Crippen LogP contribution in [0.1, 0.15) is 37.0 Å². The fraction of sp³-hybridized carbons (Fsp3) is 0.533. The standard InChI is InChI=1S/C15H22N2O2/c1-11(2)17-15(18)13-5-3-4-6-14(13)19-12-7-9-16-10-8-12/h3-6,11-12,16H,7-10H2,1-2H3,(H,17,18). The minimum absolute atomic E-state index is 0.0699. The summed E-state index contributed by atoms with van der Waals surface area (Å²) in [6.07, 6.45) is 2.18. The van der Waals surface area contributed by atoms with Crippen molar-refractivity contribution < 1.29 is 9.53 Å². The first-order valence-electron chi connectivity index (χ1n) is 6.94. The van der Waals surface area contributed by atoms with E-state index in [0.717, 1.165) is 25.9 Å². The molecular formula is C15H22N2O2. The second kappa shape index (κ2) is 6.57. The maximum absolute atomic E-state index is 12.1. The smallest absolute Gasteiger partial charge is 0.255 e. The van der Waals surface area contributed by atoms with Gasteiger partial charge in [-0.3, -0.25) is 4.79 Å². The van der Waals surface area contributed by atoms with Gasteiger partial charge in [-0.05, 0) is 51.9 Å². The van der Waals surface area contributed by atoms with Crippen LogP contribution in [-0.4, -0.2) is 31.1 Å². The first-order chi connectivity index (χ1) is 9.16. The molecule has 1 aromatic carbocycles. The number of nitrogens with one attached hydrogen (secondary N) is 2. The number of hydrogen-bond acceptors (Lipinski definition) is 3. The second-order valence-electron chi connectivity index (χ2n) is 5.19. The zero-order valence-corrected chi connectivity index (χ0v) is 11.6. The number of piperidine rings is 1. The Hall–Kier alpha value is -1.55. The fourth-order valence-corrected chi connectivity index (χ4v) is 2.19. The molecule has 19 heavy (non-hydrogen) atoms. The summed E-state index contributed by atoms with van der Waals surface area (Å²) < 4.78 is 5.99. The van der Waals surface area contributed by atoms with Gasteiger partial charge in [-0.2, -0.15) is 0 Å². The highest BCUT2D eigenvalue weighted by Gasteiger charge is 2.18. The third kappa shape index (κ3) is 3.96. The van der Waals surface area contributed by atoms with E-state index in [0.29, 0.717) is 11.3 Å². The lowest BCUT2D eigenvalue weighted by Gasteiger charge is -2.25. The molecule has 4 nitrogen and oxygen atoms in total. The summed E-state index contributed by atoms with van der Waals surface area (Å²) in [5, 5.41) is 6.21. The topological polar surface area (TPSA) is 50.4 Å². The van der Waals surface area contributed by atoms with E-state index in [9.17, 15) is 4.79 Å². The van der Waals surface area contributed by atoms with Crippen LogP contribution < -0.4 is 15.4 Å². The molecule has 0 aromatic heterocycles. The van der Waals surface area contributed by atoms with Gasteiger partial charge in [0.25, 0.3) is 5.91 Å². The van der Waals surface area contributed by atoms with Crippen LogP contribution in [0.5, 0.6) is 5.75 Å². The molecule has 104 valence electrons. The predicted molar refractivity (Wildman–Crippen MR) is 75.6 cm³/mol. The van der Waals surface area contributed by atoms with Crippen molar-refractivity contribution in [1.82, 2.24) is 10.6 Å². The molecule has 1 aromatic rings. The number of hydrogen-bond donors (Lipinski definition) is 2.